The second-order valence-corrected chi connectivity index (χ2v) is 5.90. The molecule has 0 saturated heterocycles. The second-order valence-electron chi connectivity index (χ2n) is 5.49. The predicted molar refractivity (Wildman–Crippen MR) is 104 cm³/mol. The zero-order chi connectivity index (χ0) is 21.5. The lowest BCUT2D eigenvalue weighted by Crippen LogP contribution is -2.29. The van der Waals surface area contributed by atoms with E-state index in [2.05, 4.69) is 20.0 Å². The smallest absolute Gasteiger partial charge is 0.297 e. The molecule has 1 amide bonds. The highest BCUT2D eigenvalue weighted by Crippen LogP contribution is 2.33. The van der Waals surface area contributed by atoms with Gasteiger partial charge in [-0.05, 0) is 24.3 Å². The lowest BCUT2D eigenvalue weighted by molar-refractivity contribution is -0.122. The number of hydroxylamine groups is 1. The quantitative estimate of drug-likeness (QED) is 0.332. The van der Waals surface area contributed by atoms with Crippen molar-refractivity contribution in [3.8, 4) is 23.3 Å². The number of aromatic nitrogens is 2. The van der Waals surface area contributed by atoms with Crippen LogP contribution in [0.15, 0.2) is 60.0 Å². The molecule has 0 bridgehead atoms. The summed E-state index contributed by atoms with van der Waals surface area (Å²) in [4.78, 5) is 24.1. The van der Waals surface area contributed by atoms with Crippen LogP contribution in [0.3, 0.4) is 0 Å². The van der Waals surface area contributed by atoms with Crippen LogP contribution in [-0.4, -0.2) is 33.9 Å². The average Bonchev–Trinajstić information content (AvgIpc) is 2.76. The molecule has 154 valence electrons. The first-order chi connectivity index (χ1) is 14.5. The summed E-state index contributed by atoms with van der Waals surface area (Å²) in [5.41, 5.74) is 1.26. The molecule has 0 aliphatic carbocycles. The Morgan fingerprint density at radius 3 is 2.30 bits per heavy atom. The van der Waals surface area contributed by atoms with E-state index in [0.717, 1.165) is 6.33 Å². The van der Waals surface area contributed by atoms with Crippen molar-refractivity contribution < 1.29 is 28.7 Å². The average molecular weight is 433 g/mol. The second kappa shape index (κ2) is 9.63. The van der Waals surface area contributed by atoms with Crippen molar-refractivity contribution >= 4 is 23.2 Å². The number of nitrogens with one attached hydrogen (secondary N) is 1. The summed E-state index contributed by atoms with van der Waals surface area (Å²) in [5, 5.41) is 12.8. The molecule has 2 aromatic carbocycles. The van der Waals surface area contributed by atoms with Gasteiger partial charge in [-0.2, -0.15) is 14.4 Å². The molecule has 0 aliphatic heterocycles. The lowest BCUT2D eigenvalue weighted by Gasteiger charge is -2.12. The van der Waals surface area contributed by atoms with E-state index >= 15 is 0 Å². The van der Waals surface area contributed by atoms with Gasteiger partial charge < -0.3 is 14.3 Å². The minimum atomic E-state index is -0.996. The van der Waals surface area contributed by atoms with Gasteiger partial charge in [0.15, 0.2) is 5.71 Å². The number of nitrogens with zero attached hydrogens (tertiary/aromatic N) is 3. The van der Waals surface area contributed by atoms with E-state index in [1.807, 2.05) is 0 Å². The normalized spacial score (nSPS) is 11.0. The van der Waals surface area contributed by atoms with Crippen molar-refractivity contribution in [3.05, 3.63) is 71.3 Å². The van der Waals surface area contributed by atoms with Gasteiger partial charge in [-0.1, -0.05) is 41.0 Å². The Morgan fingerprint density at radius 1 is 1.07 bits per heavy atom. The van der Waals surface area contributed by atoms with Gasteiger partial charge in [0, 0.05) is 0 Å². The van der Waals surface area contributed by atoms with Crippen LogP contribution >= 0.6 is 11.6 Å². The molecule has 0 atom stereocenters. The molecule has 0 spiro atoms. The Hall–Kier alpha value is -3.76. The van der Waals surface area contributed by atoms with Crippen molar-refractivity contribution in [1.29, 1.82) is 0 Å². The van der Waals surface area contributed by atoms with E-state index in [1.165, 1.54) is 24.7 Å². The molecule has 0 fully saturated rings. The van der Waals surface area contributed by atoms with E-state index in [4.69, 9.17) is 26.3 Å². The molecular formula is C19H14ClFN4O5. The molecule has 1 heterocycles. The van der Waals surface area contributed by atoms with Gasteiger partial charge in [-0.25, -0.2) is 5.48 Å². The maximum absolute atomic E-state index is 14.9. The highest BCUT2D eigenvalue weighted by Gasteiger charge is 2.22. The zero-order valence-electron chi connectivity index (χ0n) is 15.4. The maximum atomic E-state index is 14.9. The minimum absolute atomic E-state index is 0.0122. The van der Waals surface area contributed by atoms with Crippen LogP contribution < -0.4 is 15.0 Å². The number of rotatable bonds is 7. The highest BCUT2D eigenvalue weighted by atomic mass is 35.5. The lowest BCUT2D eigenvalue weighted by atomic mass is 10.1. The van der Waals surface area contributed by atoms with Gasteiger partial charge in [0.1, 0.15) is 24.9 Å². The molecule has 1 aromatic heterocycles. The van der Waals surface area contributed by atoms with Crippen LogP contribution in [0, 0.1) is 5.82 Å². The van der Waals surface area contributed by atoms with Gasteiger partial charge in [-0.15, -0.1) is 0 Å². The summed E-state index contributed by atoms with van der Waals surface area (Å²) < 4.78 is 25.8. The molecule has 2 N–H and O–H groups in total. The number of benzene rings is 2. The molecule has 30 heavy (non-hydrogen) atoms. The summed E-state index contributed by atoms with van der Waals surface area (Å²) in [6.45, 7) is 0. The van der Waals surface area contributed by atoms with E-state index < -0.39 is 23.5 Å². The predicted octanol–water partition coefficient (Wildman–Crippen LogP) is 3.71. The first kappa shape index (κ1) is 21.0. The SMILES string of the molecule is CON=C(C(=O)NO)c1ccccc1Oc1ncnc(Oc2ccccc2Cl)c1F. The minimum Gasteiger partial charge on any atom is -0.436 e. The van der Waals surface area contributed by atoms with Gasteiger partial charge in [0.25, 0.3) is 17.7 Å². The molecule has 9 nitrogen and oxygen atoms in total. The summed E-state index contributed by atoms with van der Waals surface area (Å²) in [7, 11) is 1.22. The number of hydrogen-bond acceptors (Lipinski definition) is 8. The van der Waals surface area contributed by atoms with Crippen LogP contribution in [0.4, 0.5) is 4.39 Å². The third-order valence-corrected chi connectivity index (χ3v) is 3.93. The van der Waals surface area contributed by atoms with Gasteiger partial charge in [0.05, 0.1) is 10.6 Å². The van der Waals surface area contributed by atoms with Crippen molar-refractivity contribution in [2.45, 2.75) is 0 Å². The fraction of sp³-hybridized carbons (Fsp3) is 0.0526. The van der Waals surface area contributed by atoms with Crippen LogP contribution in [0.2, 0.25) is 5.02 Å². The fourth-order valence-corrected chi connectivity index (χ4v) is 2.50. The summed E-state index contributed by atoms with van der Waals surface area (Å²) in [6, 6.07) is 12.5. The van der Waals surface area contributed by atoms with Crippen molar-refractivity contribution in [1.82, 2.24) is 15.4 Å². The van der Waals surface area contributed by atoms with Crippen molar-refractivity contribution in [3.63, 3.8) is 0 Å². The number of hydrogen-bond donors (Lipinski definition) is 2. The number of halogens is 2. The van der Waals surface area contributed by atoms with Crippen molar-refractivity contribution in [2.75, 3.05) is 7.11 Å². The monoisotopic (exact) mass is 432 g/mol. The summed E-state index contributed by atoms with van der Waals surface area (Å²) in [6.07, 6.45) is 1.04. The van der Waals surface area contributed by atoms with Gasteiger partial charge >= 0.3 is 0 Å². The highest BCUT2D eigenvalue weighted by molar-refractivity contribution is 6.45. The van der Waals surface area contributed by atoms with Crippen LogP contribution in [-0.2, 0) is 9.63 Å². The Bertz CT molecular complexity index is 1100. The molecule has 0 saturated carbocycles. The molecule has 11 heteroatoms. The fourth-order valence-electron chi connectivity index (χ4n) is 2.33. The number of oxime groups is 1. The summed E-state index contributed by atoms with van der Waals surface area (Å²) in [5.74, 6) is -2.64. The van der Waals surface area contributed by atoms with Crippen molar-refractivity contribution in [2.24, 2.45) is 5.16 Å². The molecule has 0 aliphatic rings. The van der Waals surface area contributed by atoms with Crippen LogP contribution in [0.25, 0.3) is 0 Å². The standard InChI is InChI=1S/C19H14ClFN4O5/c1-28-25-16(17(26)24-27)11-6-2-4-8-13(11)29-18-15(21)19(23-10-22-18)30-14-9-5-3-7-12(14)20/h2-10,27H,1H3,(H,24,26). The third-order valence-electron chi connectivity index (χ3n) is 3.62. The zero-order valence-corrected chi connectivity index (χ0v) is 16.1. The molecular weight excluding hydrogens is 419 g/mol. The molecule has 3 rings (SSSR count). The van der Waals surface area contributed by atoms with E-state index in [9.17, 15) is 9.18 Å². The first-order valence-electron chi connectivity index (χ1n) is 8.30. The molecule has 0 unspecified atom stereocenters. The van der Waals surface area contributed by atoms with E-state index in [1.54, 1.807) is 36.4 Å². The van der Waals surface area contributed by atoms with E-state index in [-0.39, 0.29) is 27.8 Å². The largest absolute Gasteiger partial charge is 0.436 e. The number of amides is 1. The number of carbonyl (C=O) groups excluding carboxylic acids is 1. The topological polar surface area (TPSA) is 115 Å². The van der Waals surface area contributed by atoms with Gasteiger partial charge in [0.2, 0.25) is 5.82 Å². The Labute approximate surface area is 174 Å². The Morgan fingerprint density at radius 2 is 1.67 bits per heavy atom. The first-order valence-corrected chi connectivity index (χ1v) is 8.68. The van der Waals surface area contributed by atoms with E-state index in [0.29, 0.717) is 0 Å². The Balaban J connectivity index is 1.96. The van der Waals surface area contributed by atoms with Crippen LogP contribution in [0.1, 0.15) is 5.56 Å². The Kier molecular flexibility index (Phi) is 6.73. The number of carbonyl (C=O) groups is 1. The molecule has 0 radical (unpaired) electrons. The summed E-state index contributed by atoms with van der Waals surface area (Å²) >= 11 is 6.02. The van der Waals surface area contributed by atoms with Crippen LogP contribution in [0.5, 0.6) is 23.3 Å². The number of ether oxygens (including phenoxy) is 2. The third kappa shape index (κ3) is 4.62. The molecule has 3 aromatic rings. The maximum Gasteiger partial charge on any atom is 0.297 e. The van der Waals surface area contributed by atoms with Gasteiger partial charge in [-0.3, -0.25) is 10.0 Å². The number of para-hydroxylation sites is 2.